The SMILES string of the molecule is CN1CC(C=O)N=C1N. The van der Waals surface area contributed by atoms with Crippen LogP contribution in [-0.2, 0) is 4.79 Å². The van der Waals surface area contributed by atoms with Crippen molar-refractivity contribution >= 4 is 12.2 Å². The lowest BCUT2D eigenvalue weighted by molar-refractivity contribution is -0.108. The van der Waals surface area contributed by atoms with E-state index in [4.69, 9.17) is 5.73 Å². The van der Waals surface area contributed by atoms with E-state index in [1.165, 1.54) is 0 Å². The summed E-state index contributed by atoms with van der Waals surface area (Å²) in [6.07, 6.45) is 0.802. The summed E-state index contributed by atoms with van der Waals surface area (Å²) in [5.74, 6) is 0.451. The fraction of sp³-hybridized carbons (Fsp3) is 0.600. The van der Waals surface area contributed by atoms with E-state index in [9.17, 15) is 4.79 Å². The second-order valence-electron chi connectivity index (χ2n) is 2.07. The van der Waals surface area contributed by atoms with E-state index in [-0.39, 0.29) is 6.04 Å². The Balaban J connectivity index is 2.62. The number of nitrogens with two attached hydrogens (primary N) is 1. The largest absolute Gasteiger partial charge is 0.370 e. The van der Waals surface area contributed by atoms with Gasteiger partial charge in [-0.1, -0.05) is 0 Å². The van der Waals surface area contributed by atoms with Crippen molar-refractivity contribution in [3.8, 4) is 0 Å². The average molecular weight is 127 g/mol. The maximum atomic E-state index is 10.1. The predicted molar refractivity (Wildman–Crippen MR) is 34.1 cm³/mol. The molecule has 0 bridgehead atoms. The number of carbonyl (C=O) groups is 1. The third-order valence-corrected chi connectivity index (χ3v) is 1.31. The van der Waals surface area contributed by atoms with Crippen LogP contribution in [0.25, 0.3) is 0 Å². The third-order valence-electron chi connectivity index (χ3n) is 1.31. The molecule has 0 radical (unpaired) electrons. The number of aliphatic imine (C=N–C) groups is 1. The Morgan fingerprint density at radius 1 is 2.00 bits per heavy atom. The Hall–Kier alpha value is -1.06. The van der Waals surface area contributed by atoms with Crippen molar-refractivity contribution in [3.63, 3.8) is 0 Å². The monoisotopic (exact) mass is 127 g/mol. The predicted octanol–water partition coefficient (Wildman–Crippen LogP) is -1.19. The van der Waals surface area contributed by atoms with Crippen molar-refractivity contribution in [2.24, 2.45) is 10.7 Å². The highest BCUT2D eigenvalue weighted by Crippen LogP contribution is 1.99. The first-order valence-corrected chi connectivity index (χ1v) is 2.73. The topological polar surface area (TPSA) is 58.7 Å². The number of aldehydes is 1. The summed E-state index contributed by atoms with van der Waals surface area (Å²) in [6, 6.07) is -0.241. The van der Waals surface area contributed by atoms with Gasteiger partial charge in [0.05, 0.1) is 0 Å². The molecule has 0 saturated heterocycles. The first-order chi connectivity index (χ1) is 4.24. The molecular weight excluding hydrogens is 118 g/mol. The molecule has 1 rings (SSSR count). The van der Waals surface area contributed by atoms with Crippen LogP contribution in [0.5, 0.6) is 0 Å². The lowest BCUT2D eigenvalue weighted by Crippen LogP contribution is -2.30. The van der Waals surface area contributed by atoms with Gasteiger partial charge < -0.3 is 15.4 Å². The number of guanidine groups is 1. The Bertz CT molecular complexity index is 154. The van der Waals surface area contributed by atoms with Crippen molar-refractivity contribution in [2.75, 3.05) is 13.6 Å². The minimum atomic E-state index is -0.241. The van der Waals surface area contributed by atoms with Crippen LogP contribution >= 0.6 is 0 Å². The normalized spacial score (nSPS) is 26.1. The van der Waals surface area contributed by atoms with Gasteiger partial charge in [0.15, 0.2) is 5.96 Å². The Morgan fingerprint density at radius 3 is 2.89 bits per heavy atom. The molecule has 0 amide bonds. The average Bonchev–Trinajstić information content (AvgIpc) is 2.13. The molecule has 2 N–H and O–H groups in total. The summed E-state index contributed by atoms with van der Waals surface area (Å²) in [4.78, 5) is 15.7. The van der Waals surface area contributed by atoms with Crippen LogP contribution < -0.4 is 5.73 Å². The van der Waals surface area contributed by atoms with Crippen LogP contribution in [0.3, 0.4) is 0 Å². The van der Waals surface area contributed by atoms with Gasteiger partial charge in [-0.05, 0) is 0 Å². The Labute approximate surface area is 53.3 Å². The van der Waals surface area contributed by atoms with Crippen molar-refractivity contribution in [1.29, 1.82) is 0 Å². The summed E-state index contributed by atoms with van der Waals surface area (Å²) in [6.45, 7) is 0.620. The van der Waals surface area contributed by atoms with Crippen LogP contribution in [0.2, 0.25) is 0 Å². The highest BCUT2D eigenvalue weighted by Gasteiger charge is 2.18. The second-order valence-corrected chi connectivity index (χ2v) is 2.07. The van der Waals surface area contributed by atoms with Gasteiger partial charge in [0.2, 0.25) is 0 Å². The number of rotatable bonds is 1. The molecule has 1 heterocycles. The van der Waals surface area contributed by atoms with E-state index in [0.29, 0.717) is 12.5 Å². The van der Waals surface area contributed by atoms with Gasteiger partial charge in [0.25, 0.3) is 0 Å². The van der Waals surface area contributed by atoms with E-state index < -0.39 is 0 Å². The number of carbonyl (C=O) groups excluding carboxylic acids is 1. The van der Waals surface area contributed by atoms with E-state index in [0.717, 1.165) is 6.29 Å². The van der Waals surface area contributed by atoms with E-state index in [2.05, 4.69) is 4.99 Å². The summed E-state index contributed by atoms with van der Waals surface area (Å²) in [5.41, 5.74) is 5.36. The first kappa shape index (κ1) is 6.07. The number of nitrogens with zero attached hydrogens (tertiary/aromatic N) is 2. The molecule has 0 fully saturated rings. The number of hydrogen-bond acceptors (Lipinski definition) is 4. The molecule has 4 nitrogen and oxygen atoms in total. The fourth-order valence-electron chi connectivity index (χ4n) is 0.757. The molecular formula is C5H9N3O. The van der Waals surface area contributed by atoms with Gasteiger partial charge in [0.1, 0.15) is 12.3 Å². The summed E-state index contributed by atoms with van der Waals surface area (Å²) in [5, 5.41) is 0. The zero-order chi connectivity index (χ0) is 6.85. The molecule has 0 aromatic heterocycles. The zero-order valence-electron chi connectivity index (χ0n) is 5.24. The van der Waals surface area contributed by atoms with Gasteiger partial charge in [0, 0.05) is 13.6 Å². The van der Waals surface area contributed by atoms with Gasteiger partial charge in [-0.3, -0.25) is 0 Å². The van der Waals surface area contributed by atoms with Crippen LogP contribution in [0.15, 0.2) is 4.99 Å². The molecule has 4 heteroatoms. The molecule has 50 valence electrons. The van der Waals surface area contributed by atoms with Crippen molar-refractivity contribution < 1.29 is 4.79 Å². The molecule has 0 spiro atoms. The molecule has 0 aliphatic carbocycles. The zero-order valence-corrected chi connectivity index (χ0v) is 5.24. The summed E-state index contributed by atoms with van der Waals surface area (Å²) in [7, 11) is 1.81. The van der Waals surface area contributed by atoms with Crippen LogP contribution in [-0.4, -0.2) is 36.8 Å². The Morgan fingerprint density at radius 2 is 2.67 bits per heavy atom. The standard InChI is InChI=1S/C5H9N3O/c1-8-2-4(3-9)7-5(8)6/h3-4H,2H2,1H3,(H2,6,7). The maximum Gasteiger partial charge on any atom is 0.191 e. The quantitative estimate of drug-likeness (QED) is 0.451. The summed E-state index contributed by atoms with van der Waals surface area (Å²) >= 11 is 0. The van der Waals surface area contributed by atoms with E-state index in [1.54, 1.807) is 4.90 Å². The van der Waals surface area contributed by atoms with Gasteiger partial charge >= 0.3 is 0 Å². The summed E-state index contributed by atoms with van der Waals surface area (Å²) < 4.78 is 0. The van der Waals surface area contributed by atoms with Crippen molar-refractivity contribution in [3.05, 3.63) is 0 Å². The van der Waals surface area contributed by atoms with Crippen LogP contribution in [0.4, 0.5) is 0 Å². The number of likely N-dealkylation sites (N-methyl/N-ethyl adjacent to an activating group) is 1. The fourth-order valence-corrected chi connectivity index (χ4v) is 0.757. The molecule has 1 aliphatic rings. The maximum absolute atomic E-state index is 10.1. The van der Waals surface area contributed by atoms with Gasteiger partial charge in [-0.2, -0.15) is 0 Å². The molecule has 0 aromatic rings. The highest BCUT2D eigenvalue weighted by atomic mass is 16.1. The second kappa shape index (κ2) is 2.05. The van der Waals surface area contributed by atoms with Crippen molar-refractivity contribution in [1.82, 2.24) is 4.90 Å². The van der Waals surface area contributed by atoms with E-state index >= 15 is 0 Å². The molecule has 0 aromatic carbocycles. The lowest BCUT2D eigenvalue weighted by Gasteiger charge is -2.07. The molecule has 1 unspecified atom stereocenters. The van der Waals surface area contributed by atoms with Crippen LogP contribution in [0, 0.1) is 0 Å². The van der Waals surface area contributed by atoms with Gasteiger partial charge in [-0.25, -0.2) is 4.99 Å². The third kappa shape index (κ3) is 1.01. The highest BCUT2D eigenvalue weighted by molar-refractivity contribution is 5.83. The Kier molecular flexibility index (Phi) is 1.38. The molecule has 0 saturated carbocycles. The molecule has 1 atom stereocenters. The minimum Gasteiger partial charge on any atom is -0.370 e. The molecule has 9 heavy (non-hydrogen) atoms. The van der Waals surface area contributed by atoms with Gasteiger partial charge in [-0.15, -0.1) is 0 Å². The number of hydrogen-bond donors (Lipinski definition) is 1. The van der Waals surface area contributed by atoms with Crippen molar-refractivity contribution in [2.45, 2.75) is 6.04 Å². The lowest BCUT2D eigenvalue weighted by atomic mass is 10.4. The minimum absolute atomic E-state index is 0.241. The van der Waals surface area contributed by atoms with E-state index in [1.807, 2.05) is 7.05 Å². The molecule has 1 aliphatic heterocycles. The van der Waals surface area contributed by atoms with Crippen LogP contribution in [0.1, 0.15) is 0 Å². The smallest absolute Gasteiger partial charge is 0.191 e. The first-order valence-electron chi connectivity index (χ1n) is 2.73.